The molecule has 0 fully saturated rings. The van der Waals surface area contributed by atoms with Crippen molar-refractivity contribution in [1.29, 1.82) is 0 Å². The van der Waals surface area contributed by atoms with E-state index in [1.807, 2.05) is 55.5 Å². The molecule has 29 heavy (non-hydrogen) atoms. The summed E-state index contributed by atoms with van der Waals surface area (Å²) in [7, 11) is 3.16. The molecule has 1 heterocycles. The first kappa shape index (κ1) is 20.5. The van der Waals surface area contributed by atoms with E-state index in [4.69, 9.17) is 9.47 Å². The topological polar surface area (TPSA) is 67.9 Å². The Morgan fingerprint density at radius 1 is 1.10 bits per heavy atom. The number of nitrogens with zero attached hydrogens (tertiary/aromatic N) is 1. The minimum Gasteiger partial charge on any atom is -0.493 e. The molecule has 2 amide bonds. The van der Waals surface area contributed by atoms with E-state index in [9.17, 15) is 9.59 Å². The van der Waals surface area contributed by atoms with Gasteiger partial charge in [0.1, 0.15) is 0 Å². The molecule has 6 nitrogen and oxygen atoms in total. The molecule has 2 aromatic carbocycles. The van der Waals surface area contributed by atoms with Gasteiger partial charge < -0.3 is 19.7 Å². The first-order valence-corrected chi connectivity index (χ1v) is 9.52. The Labute approximate surface area is 171 Å². The predicted molar refractivity (Wildman–Crippen MR) is 111 cm³/mol. The zero-order valence-electron chi connectivity index (χ0n) is 17.1. The van der Waals surface area contributed by atoms with Crippen molar-refractivity contribution >= 4 is 17.9 Å². The summed E-state index contributed by atoms with van der Waals surface area (Å²) < 4.78 is 10.6. The van der Waals surface area contributed by atoms with Crippen molar-refractivity contribution in [2.24, 2.45) is 0 Å². The lowest BCUT2D eigenvalue weighted by atomic mass is 9.93. The van der Waals surface area contributed by atoms with Gasteiger partial charge in [-0.1, -0.05) is 30.3 Å². The van der Waals surface area contributed by atoms with E-state index in [1.54, 1.807) is 25.3 Å². The summed E-state index contributed by atoms with van der Waals surface area (Å²) in [5.74, 6) is 1.02. The number of rotatable bonds is 6. The maximum atomic E-state index is 12.8. The first-order valence-electron chi connectivity index (χ1n) is 9.52. The quantitative estimate of drug-likeness (QED) is 0.808. The standard InChI is InChI=1S/C23H26N2O4/c1-15(18-9-10-21(28-3)22(13-18)29-4)24-23(27)14-20-19-8-6-5-7-17(19)11-12-25(20)16(2)26/h5-13,15,20H,14H2,1-4H3,(H,24,27). The summed E-state index contributed by atoms with van der Waals surface area (Å²) in [5, 5.41) is 3.03. The van der Waals surface area contributed by atoms with Crippen LogP contribution in [0.5, 0.6) is 11.5 Å². The molecule has 0 radical (unpaired) electrons. The van der Waals surface area contributed by atoms with Crippen LogP contribution in [0.4, 0.5) is 0 Å². The zero-order valence-corrected chi connectivity index (χ0v) is 17.1. The average molecular weight is 394 g/mol. The van der Waals surface area contributed by atoms with E-state index in [-0.39, 0.29) is 30.3 Å². The highest BCUT2D eigenvalue weighted by atomic mass is 16.5. The Morgan fingerprint density at radius 3 is 2.52 bits per heavy atom. The third-order valence-corrected chi connectivity index (χ3v) is 5.13. The minimum absolute atomic E-state index is 0.0958. The van der Waals surface area contributed by atoms with E-state index in [1.165, 1.54) is 6.92 Å². The molecule has 6 heteroatoms. The van der Waals surface area contributed by atoms with Crippen LogP contribution in [0, 0.1) is 0 Å². The number of amides is 2. The highest BCUT2D eigenvalue weighted by Crippen LogP contribution is 2.33. The molecule has 1 N–H and O–H groups in total. The largest absolute Gasteiger partial charge is 0.493 e. The number of hydrogen-bond donors (Lipinski definition) is 1. The van der Waals surface area contributed by atoms with E-state index in [0.717, 1.165) is 16.7 Å². The fourth-order valence-corrected chi connectivity index (χ4v) is 3.59. The molecule has 0 saturated heterocycles. The second kappa shape index (κ2) is 8.82. The molecule has 152 valence electrons. The van der Waals surface area contributed by atoms with Crippen molar-refractivity contribution in [2.75, 3.05) is 14.2 Å². The third-order valence-electron chi connectivity index (χ3n) is 5.13. The predicted octanol–water partition coefficient (Wildman–Crippen LogP) is 3.85. The number of ether oxygens (including phenoxy) is 2. The molecular formula is C23H26N2O4. The summed E-state index contributed by atoms with van der Waals surface area (Å²) in [6.07, 6.45) is 3.83. The normalized spacial score (nSPS) is 16.0. The number of carbonyl (C=O) groups is 2. The van der Waals surface area contributed by atoms with Gasteiger partial charge in [0, 0.05) is 13.1 Å². The molecule has 0 aromatic heterocycles. The lowest BCUT2D eigenvalue weighted by Crippen LogP contribution is -2.36. The van der Waals surface area contributed by atoms with Crippen molar-refractivity contribution in [3.05, 3.63) is 65.4 Å². The number of hydrogen-bond acceptors (Lipinski definition) is 4. The third kappa shape index (κ3) is 4.42. The molecule has 0 spiro atoms. The molecule has 2 atom stereocenters. The number of fused-ring (bicyclic) bond motifs is 1. The van der Waals surface area contributed by atoms with Crippen molar-refractivity contribution < 1.29 is 19.1 Å². The minimum atomic E-state index is -0.327. The van der Waals surface area contributed by atoms with Crippen LogP contribution in [-0.4, -0.2) is 30.9 Å². The molecule has 2 aromatic rings. The van der Waals surface area contributed by atoms with Gasteiger partial charge in [0.25, 0.3) is 0 Å². The Kier molecular flexibility index (Phi) is 6.22. The Balaban J connectivity index is 1.75. The van der Waals surface area contributed by atoms with E-state index in [0.29, 0.717) is 11.5 Å². The Bertz CT molecular complexity index is 938. The molecule has 2 unspecified atom stereocenters. The number of methoxy groups -OCH3 is 2. The van der Waals surface area contributed by atoms with Gasteiger partial charge in [0.2, 0.25) is 11.8 Å². The second-order valence-electron chi connectivity index (χ2n) is 6.99. The van der Waals surface area contributed by atoms with Crippen molar-refractivity contribution in [1.82, 2.24) is 10.2 Å². The Hall–Kier alpha value is -3.28. The van der Waals surface area contributed by atoms with Gasteiger partial charge in [-0.3, -0.25) is 9.59 Å². The van der Waals surface area contributed by atoms with Gasteiger partial charge >= 0.3 is 0 Å². The van der Waals surface area contributed by atoms with Crippen LogP contribution in [0.15, 0.2) is 48.7 Å². The van der Waals surface area contributed by atoms with Crippen LogP contribution in [0.1, 0.15) is 49.0 Å². The van der Waals surface area contributed by atoms with Gasteiger partial charge in [-0.25, -0.2) is 0 Å². The molecule has 0 aliphatic carbocycles. The maximum absolute atomic E-state index is 12.8. The Morgan fingerprint density at radius 2 is 1.83 bits per heavy atom. The van der Waals surface area contributed by atoms with E-state index >= 15 is 0 Å². The first-order chi connectivity index (χ1) is 13.9. The van der Waals surface area contributed by atoms with E-state index < -0.39 is 0 Å². The van der Waals surface area contributed by atoms with Crippen molar-refractivity contribution in [2.45, 2.75) is 32.4 Å². The maximum Gasteiger partial charge on any atom is 0.223 e. The lowest BCUT2D eigenvalue weighted by molar-refractivity contribution is -0.130. The lowest BCUT2D eigenvalue weighted by Gasteiger charge is -2.32. The average Bonchev–Trinajstić information content (AvgIpc) is 2.73. The second-order valence-corrected chi connectivity index (χ2v) is 6.99. The van der Waals surface area contributed by atoms with Gasteiger partial charge in [-0.2, -0.15) is 0 Å². The van der Waals surface area contributed by atoms with Crippen LogP contribution in [0.2, 0.25) is 0 Å². The number of nitrogens with one attached hydrogen (secondary N) is 1. The monoisotopic (exact) mass is 394 g/mol. The van der Waals surface area contributed by atoms with Gasteiger partial charge in [0.15, 0.2) is 11.5 Å². The van der Waals surface area contributed by atoms with Gasteiger partial charge in [0.05, 0.1) is 32.7 Å². The fraction of sp³-hybridized carbons (Fsp3) is 0.304. The SMILES string of the molecule is COc1ccc(C(C)NC(=O)CC2c3ccccc3C=CN2C(C)=O)cc1OC. The smallest absolute Gasteiger partial charge is 0.223 e. The summed E-state index contributed by atoms with van der Waals surface area (Å²) >= 11 is 0. The van der Waals surface area contributed by atoms with Gasteiger partial charge in [-0.15, -0.1) is 0 Å². The fourth-order valence-electron chi connectivity index (χ4n) is 3.59. The molecule has 0 saturated carbocycles. The molecular weight excluding hydrogens is 368 g/mol. The van der Waals surface area contributed by atoms with E-state index in [2.05, 4.69) is 5.32 Å². The molecule has 1 aliphatic heterocycles. The van der Waals surface area contributed by atoms with Crippen molar-refractivity contribution in [3.63, 3.8) is 0 Å². The summed E-state index contributed by atoms with van der Waals surface area (Å²) in [6, 6.07) is 12.8. The van der Waals surface area contributed by atoms with Gasteiger partial charge in [-0.05, 0) is 41.8 Å². The summed E-state index contributed by atoms with van der Waals surface area (Å²) in [4.78, 5) is 26.5. The molecule has 0 bridgehead atoms. The van der Waals surface area contributed by atoms with Crippen LogP contribution in [0.25, 0.3) is 6.08 Å². The van der Waals surface area contributed by atoms with Crippen molar-refractivity contribution in [3.8, 4) is 11.5 Å². The van der Waals surface area contributed by atoms with Crippen LogP contribution in [-0.2, 0) is 9.59 Å². The number of carbonyl (C=O) groups excluding carboxylic acids is 2. The molecule has 3 rings (SSSR count). The zero-order chi connectivity index (χ0) is 21.0. The summed E-state index contributed by atoms with van der Waals surface area (Å²) in [6.45, 7) is 3.42. The van der Waals surface area contributed by atoms with Crippen LogP contribution in [0.3, 0.4) is 0 Å². The highest BCUT2D eigenvalue weighted by Gasteiger charge is 2.28. The summed E-state index contributed by atoms with van der Waals surface area (Å²) in [5.41, 5.74) is 2.90. The van der Waals surface area contributed by atoms with Crippen LogP contribution >= 0.6 is 0 Å². The van der Waals surface area contributed by atoms with Crippen LogP contribution < -0.4 is 14.8 Å². The molecule has 1 aliphatic rings. The highest BCUT2D eigenvalue weighted by molar-refractivity contribution is 5.82. The number of benzene rings is 2.